The van der Waals surface area contributed by atoms with Crippen molar-refractivity contribution in [3.05, 3.63) is 47.8 Å². The Balaban J connectivity index is 1.97. The molecule has 4 nitrogen and oxygen atoms in total. The van der Waals surface area contributed by atoms with E-state index in [0.717, 1.165) is 36.0 Å². The average molecular weight is 242 g/mol. The molecule has 0 radical (unpaired) electrons. The molecule has 2 N–H and O–H groups in total. The second-order valence-electron chi connectivity index (χ2n) is 4.10. The van der Waals surface area contributed by atoms with E-state index in [1.807, 2.05) is 37.4 Å². The highest BCUT2D eigenvalue weighted by Crippen LogP contribution is 2.10. The SMILES string of the molecule is CCNc1cccc(NCc2ccc(C)nc2)n1. The van der Waals surface area contributed by atoms with Gasteiger partial charge < -0.3 is 10.6 Å². The molecule has 0 unspecified atom stereocenters. The molecule has 0 aliphatic heterocycles. The van der Waals surface area contributed by atoms with Crippen molar-refractivity contribution >= 4 is 11.6 Å². The van der Waals surface area contributed by atoms with Gasteiger partial charge in [0.15, 0.2) is 0 Å². The molecule has 2 aromatic heterocycles. The minimum absolute atomic E-state index is 0.732. The van der Waals surface area contributed by atoms with Crippen LogP contribution in [0, 0.1) is 6.92 Å². The fraction of sp³-hybridized carbons (Fsp3) is 0.286. The Hall–Kier alpha value is -2.10. The largest absolute Gasteiger partial charge is 0.370 e. The van der Waals surface area contributed by atoms with E-state index < -0.39 is 0 Å². The standard InChI is InChI=1S/C14H18N4/c1-3-15-13-5-4-6-14(18-13)17-10-12-8-7-11(2)16-9-12/h4-9H,3,10H2,1-2H3,(H2,15,17,18). The number of nitrogens with one attached hydrogen (secondary N) is 2. The zero-order valence-electron chi connectivity index (χ0n) is 10.8. The molecule has 0 saturated carbocycles. The Morgan fingerprint density at radius 1 is 1.06 bits per heavy atom. The maximum Gasteiger partial charge on any atom is 0.128 e. The molecule has 0 saturated heterocycles. The fourth-order valence-electron chi connectivity index (χ4n) is 1.61. The normalized spacial score (nSPS) is 10.1. The summed E-state index contributed by atoms with van der Waals surface area (Å²) in [6, 6.07) is 9.99. The number of aryl methyl sites for hydroxylation is 1. The highest BCUT2D eigenvalue weighted by Gasteiger charge is 1.97. The first kappa shape index (κ1) is 12.4. The van der Waals surface area contributed by atoms with Crippen LogP contribution in [0.1, 0.15) is 18.2 Å². The second kappa shape index (κ2) is 6.00. The Labute approximate surface area is 107 Å². The first-order chi connectivity index (χ1) is 8.78. The molecule has 0 aromatic carbocycles. The van der Waals surface area contributed by atoms with E-state index in [1.165, 1.54) is 0 Å². The van der Waals surface area contributed by atoms with Gasteiger partial charge in [0.05, 0.1) is 0 Å². The third kappa shape index (κ3) is 3.45. The van der Waals surface area contributed by atoms with Gasteiger partial charge in [0, 0.05) is 25.0 Å². The van der Waals surface area contributed by atoms with Gasteiger partial charge in [-0.3, -0.25) is 4.98 Å². The van der Waals surface area contributed by atoms with Crippen molar-refractivity contribution in [1.29, 1.82) is 0 Å². The van der Waals surface area contributed by atoms with Gasteiger partial charge >= 0.3 is 0 Å². The number of hydrogen-bond acceptors (Lipinski definition) is 4. The predicted molar refractivity (Wildman–Crippen MR) is 74.7 cm³/mol. The summed E-state index contributed by atoms with van der Waals surface area (Å²) in [5.41, 5.74) is 2.18. The molecule has 0 amide bonds. The minimum atomic E-state index is 0.732. The van der Waals surface area contributed by atoms with Gasteiger partial charge in [-0.2, -0.15) is 0 Å². The van der Waals surface area contributed by atoms with Gasteiger partial charge in [0.1, 0.15) is 11.6 Å². The number of nitrogens with zero attached hydrogens (tertiary/aromatic N) is 2. The van der Waals surface area contributed by atoms with E-state index in [0.29, 0.717) is 0 Å². The molecule has 0 bridgehead atoms. The third-order valence-electron chi connectivity index (χ3n) is 2.55. The maximum atomic E-state index is 4.45. The lowest BCUT2D eigenvalue weighted by Gasteiger charge is -2.08. The summed E-state index contributed by atoms with van der Waals surface area (Å²) in [4.78, 5) is 8.72. The van der Waals surface area contributed by atoms with E-state index in [-0.39, 0.29) is 0 Å². The van der Waals surface area contributed by atoms with Crippen LogP contribution >= 0.6 is 0 Å². The van der Waals surface area contributed by atoms with Crippen molar-refractivity contribution in [3.63, 3.8) is 0 Å². The molecule has 0 atom stereocenters. The van der Waals surface area contributed by atoms with Gasteiger partial charge in [-0.15, -0.1) is 0 Å². The second-order valence-corrected chi connectivity index (χ2v) is 4.10. The van der Waals surface area contributed by atoms with Crippen LogP contribution in [0.2, 0.25) is 0 Å². The summed E-state index contributed by atoms with van der Waals surface area (Å²) < 4.78 is 0. The monoisotopic (exact) mass is 242 g/mol. The predicted octanol–water partition coefficient (Wildman–Crippen LogP) is 2.83. The molecule has 0 aliphatic carbocycles. The lowest BCUT2D eigenvalue weighted by molar-refractivity contribution is 1.06. The highest BCUT2D eigenvalue weighted by atomic mass is 15.1. The fourth-order valence-corrected chi connectivity index (χ4v) is 1.61. The van der Waals surface area contributed by atoms with Crippen LogP contribution in [-0.2, 0) is 6.54 Å². The molecule has 2 aromatic rings. The van der Waals surface area contributed by atoms with E-state index in [9.17, 15) is 0 Å². The van der Waals surface area contributed by atoms with Crippen molar-refractivity contribution in [3.8, 4) is 0 Å². The lowest BCUT2D eigenvalue weighted by Crippen LogP contribution is -2.04. The quantitative estimate of drug-likeness (QED) is 0.846. The summed E-state index contributed by atoms with van der Waals surface area (Å²) in [6.45, 7) is 5.65. The molecule has 0 aliphatic rings. The van der Waals surface area contributed by atoms with E-state index in [1.54, 1.807) is 0 Å². The van der Waals surface area contributed by atoms with Crippen molar-refractivity contribution in [2.45, 2.75) is 20.4 Å². The molecule has 0 spiro atoms. The molecule has 2 rings (SSSR count). The van der Waals surface area contributed by atoms with Crippen LogP contribution in [0.15, 0.2) is 36.5 Å². The smallest absolute Gasteiger partial charge is 0.128 e. The number of rotatable bonds is 5. The van der Waals surface area contributed by atoms with Gasteiger partial charge in [0.25, 0.3) is 0 Å². The Morgan fingerprint density at radius 2 is 1.83 bits per heavy atom. The first-order valence-corrected chi connectivity index (χ1v) is 6.14. The van der Waals surface area contributed by atoms with Crippen molar-refractivity contribution < 1.29 is 0 Å². The average Bonchev–Trinajstić information content (AvgIpc) is 2.39. The van der Waals surface area contributed by atoms with E-state index in [2.05, 4.69) is 33.6 Å². The summed E-state index contributed by atoms with van der Waals surface area (Å²) in [6.07, 6.45) is 1.89. The molecule has 0 fully saturated rings. The lowest BCUT2D eigenvalue weighted by atomic mass is 10.2. The summed E-state index contributed by atoms with van der Waals surface area (Å²) in [5.74, 6) is 1.76. The topological polar surface area (TPSA) is 49.8 Å². The zero-order chi connectivity index (χ0) is 12.8. The number of anilines is 2. The Morgan fingerprint density at radius 3 is 2.50 bits per heavy atom. The molecular formula is C14H18N4. The van der Waals surface area contributed by atoms with Crippen LogP contribution in [0.25, 0.3) is 0 Å². The number of aromatic nitrogens is 2. The summed E-state index contributed by atoms with van der Waals surface area (Å²) in [7, 11) is 0. The molecule has 2 heterocycles. The molecule has 94 valence electrons. The summed E-state index contributed by atoms with van der Waals surface area (Å²) >= 11 is 0. The molecule has 4 heteroatoms. The van der Waals surface area contributed by atoms with E-state index >= 15 is 0 Å². The van der Waals surface area contributed by atoms with Crippen molar-refractivity contribution in [2.24, 2.45) is 0 Å². The third-order valence-corrected chi connectivity index (χ3v) is 2.55. The van der Waals surface area contributed by atoms with E-state index in [4.69, 9.17) is 0 Å². The van der Waals surface area contributed by atoms with Crippen LogP contribution in [0.4, 0.5) is 11.6 Å². The van der Waals surface area contributed by atoms with Crippen molar-refractivity contribution in [2.75, 3.05) is 17.2 Å². The highest BCUT2D eigenvalue weighted by molar-refractivity contribution is 5.45. The molecular weight excluding hydrogens is 224 g/mol. The van der Waals surface area contributed by atoms with Gasteiger partial charge in [0.2, 0.25) is 0 Å². The summed E-state index contributed by atoms with van der Waals surface area (Å²) in [5, 5.41) is 6.48. The van der Waals surface area contributed by atoms with Gasteiger partial charge in [-0.25, -0.2) is 4.98 Å². The Bertz CT molecular complexity index is 493. The van der Waals surface area contributed by atoms with Crippen LogP contribution < -0.4 is 10.6 Å². The molecule has 18 heavy (non-hydrogen) atoms. The minimum Gasteiger partial charge on any atom is -0.370 e. The van der Waals surface area contributed by atoms with Crippen LogP contribution in [-0.4, -0.2) is 16.5 Å². The maximum absolute atomic E-state index is 4.45. The Kier molecular flexibility index (Phi) is 4.12. The number of hydrogen-bond donors (Lipinski definition) is 2. The van der Waals surface area contributed by atoms with Crippen LogP contribution in [0.3, 0.4) is 0 Å². The first-order valence-electron chi connectivity index (χ1n) is 6.14. The van der Waals surface area contributed by atoms with Crippen molar-refractivity contribution in [1.82, 2.24) is 9.97 Å². The zero-order valence-corrected chi connectivity index (χ0v) is 10.8. The van der Waals surface area contributed by atoms with Gasteiger partial charge in [-0.1, -0.05) is 12.1 Å². The van der Waals surface area contributed by atoms with Crippen LogP contribution in [0.5, 0.6) is 0 Å². The van der Waals surface area contributed by atoms with Gasteiger partial charge in [-0.05, 0) is 37.6 Å². The number of pyridine rings is 2.